The summed E-state index contributed by atoms with van der Waals surface area (Å²) in [5.74, 6) is 2.70. The summed E-state index contributed by atoms with van der Waals surface area (Å²) in [4.78, 5) is 2.67. The summed E-state index contributed by atoms with van der Waals surface area (Å²) in [5, 5.41) is 3.68. The molecule has 2 nitrogen and oxygen atoms in total. The van der Waals surface area contributed by atoms with Crippen LogP contribution in [0.4, 0.5) is 0 Å². The van der Waals surface area contributed by atoms with Crippen molar-refractivity contribution in [2.45, 2.75) is 50.6 Å². The summed E-state index contributed by atoms with van der Waals surface area (Å²) >= 11 is 0. The molecule has 2 saturated heterocycles. The van der Waals surface area contributed by atoms with E-state index in [9.17, 15) is 0 Å². The van der Waals surface area contributed by atoms with E-state index in [0.717, 1.165) is 31.5 Å². The van der Waals surface area contributed by atoms with Gasteiger partial charge in [-0.15, -0.1) is 12.3 Å². The number of hydrogen-bond donors (Lipinski definition) is 1. The first-order chi connectivity index (χ1) is 7.42. The lowest BCUT2D eigenvalue weighted by Gasteiger charge is -2.32. The van der Waals surface area contributed by atoms with Gasteiger partial charge in [-0.3, -0.25) is 4.90 Å². The van der Waals surface area contributed by atoms with Gasteiger partial charge in [0.05, 0.1) is 0 Å². The molecular formula is C13H22N2. The first kappa shape index (κ1) is 11.0. The fraction of sp³-hybridized carbons (Fsp3) is 0.846. The fourth-order valence-corrected chi connectivity index (χ4v) is 2.96. The molecule has 2 heteroatoms. The average Bonchev–Trinajstić information content (AvgIpc) is 2.68. The van der Waals surface area contributed by atoms with Gasteiger partial charge in [0.15, 0.2) is 0 Å². The molecule has 0 amide bonds. The molecule has 2 atom stereocenters. The van der Waals surface area contributed by atoms with E-state index in [4.69, 9.17) is 6.42 Å². The van der Waals surface area contributed by atoms with E-state index < -0.39 is 0 Å². The zero-order valence-electron chi connectivity index (χ0n) is 9.54. The summed E-state index contributed by atoms with van der Waals surface area (Å²) in [6.45, 7) is 3.73. The monoisotopic (exact) mass is 206 g/mol. The van der Waals surface area contributed by atoms with E-state index in [2.05, 4.69) is 16.1 Å². The van der Waals surface area contributed by atoms with Crippen LogP contribution in [0.2, 0.25) is 0 Å². The van der Waals surface area contributed by atoms with E-state index >= 15 is 0 Å². The number of piperidine rings is 1. The molecule has 0 aliphatic carbocycles. The molecule has 2 aliphatic rings. The fourth-order valence-electron chi connectivity index (χ4n) is 2.96. The van der Waals surface area contributed by atoms with Crippen molar-refractivity contribution in [3.63, 3.8) is 0 Å². The van der Waals surface area contributed by atoms with Crippen LogP contribution in [0.15, 0.2) is 0 Å². The van der Waals surface area contributed by atoms with E-state index in [1.54, 1.807) is 0 Å². The summed E-state index contributed by atoms with van der Waals surface area (Å²) in [5.41, 5.74) is 0. The third kappa shape index (κ3) is 2.74. The van der Waals surface area contributed by atoms with Crippen LogP contribution in [-0.2, 0) is 0 Å². The molecule has 0 aromatic heterocycles. The van der Waals surface area contributed by atoms with Crippen molar-refractivity contribution in [1.29, 1.82) is 0 Å². The lowest BCUT2D eigenvalue weighted by atomic mass is 9.99. The van der Waals surface area contributed by atoms with Crippen molar-refractivity contribution in [3.8, 4) is 12.3 Å². The van der Waals surface area contributed by atoms with Gasteiger partial charge in [-0.25, -0.2) is 0 Å². The average molecular weight is 206 g/mol. The van der Waals surface area contributed by atoms with Crippen LogP contribution in [0.1, 0.15) is 38.5 Å². The predicted octanol–water partition coefficient (Wildman–Crippen LogP) is 1.62. The van der Waals surface area contributed by atoms with Crippen LogP contribution in [0, 0.1) is 12.3 Å². The first-order valence-corrected chi connectivity index (χ1v) is 6.32. The second-order valence-electron chi connectivity index (χ2n) is 4.76. The molecule has 2 fully saturated rings. The van der Waals surface area contributed by atoms with Gasteiger partial charge in [0.1, 0.15) is 0 Å². The Morgan fingerprint density at radius 1 is 1.27 bits per heavy atom. The number of hydrogen-bond acceptors (Lipinski definition) is 2. The van der Waals surface area contributed by atoms with Crippen LogP contribution >= 0.6 is 0 Å². The first-order valence-electron chi connectivity index (χ1n) is 6.32. The Labute approximate surface area is 93.4 Å². The smallest absolute Gasteiger partial charge is 0.0249 e. The van der Waals surface area contributed by atoms with Crippen LogP contribution < -0.4 is 5.32 Å². The molecule has 2 unspecified atom stereocenters. The normalized spacial score (nSPS) is 31.1. The number of rotatable bonds is 4. The SMILES string of the molecule is C#CCCCNC1CCN2CCCCC12. The minimum absolute atomic E-state index is 0.739. The molecule has 1 N–H and O–H groups in total. The number of unbranched alkanes of at least 4 members (excludes halogenated alkanes) is 1. The largest absolute Gasteiger partial charge is 0.312 e. The Morgan fingerprint density at radius 2 is 2.20 bits per heavy atom. The van der Waals surface area contributed by atoms with E-state index in [-0.39, 0.29) is 0 Å². The molecule has 2 rings (SSSR count). The second-order valence-corrected chi connectivity index (χ2v) is 4.76. The molecule has 84 valence electrons. The Morgan fingerprint density at radius 3 is 3.07 bits per heavy atom. The summed E-state index contributed by atoms with van der Waals surface area (Å²) < 4.78 is 0. The maximum atomic E-state index is 5.24. The van der Waals surface area contributed by atoms with Gasteiger partial charge < -0.3 is 5.32 Å². The topological polar surface area (TPSA) is 15.3 Å². The van der Waals surface area contributed by atoms with E-state index in [0.29, 0.717) is 0 Å². The van der Waals surface area contributed by atoms with Crippen LogP contribution in [0.25, 0.3) is 0 Å². The van der Waals surface area contributed by atoms with Crippen molar-refractivity contribution >= 4 is 0 Å². The van der Waals surface area contributed by atoms with Gasteiger partial charge in [0.2, 0.25) is 0 Å². The maximum absolute atomic E-state index is 5.24. The molecule has 0 bridgehead atoms. The molecule has 0 spiro atoms. The highest BCUT2D eigenvalue weighted by Crippen LogP contribution is 2.26. The zero-order chi connectivity index (χ0) is 10.5. The number of fused-ring (bicyclic) bond motifs is 1. The summed E-state index contributed by atoms with van der Waals surface area (Å²) in [7, 11) is 0. The zero-order valence-corrected chi connectivity index (χ0v) is 9.54. The van der Waals surface area contributed by atoms with Gasteiger partial charge >= 0.3 is 0 Å². The van der Waals surface area contributed by atoms with Gasteiger partial charge in [0.25, 0.3) is 0 Å². The lowest BCUT2D eigenvalue weighted by molar-refractivity contribution is 0.180. The minimum atomic E-state index is 0.739. The third-order valence-corrected chi connectivity index (χ3v) is 3.76. The Hall–Kier alpha value is -0.520. The van der Waals surface area contributed by atoms with Crippen molar-refractivity contribution in [1.82, 2.24) is 10.2 Å². The van der Waals surface area contributed by atoms with E-state index in [1.165, 1.54) is 38.8 Å². The second kappa shape index (κ2) is 5.53. The Balaban J connectivity index is 1.71. The molecule has 15 heavy (non-hydrogen) atoms. The van der Waals surface area contributed by atoms with Crippen molar-refractivity contribution in [2.24, 2.45) is 0 Å². The van der Waals surface area contributed by atoms with Crippen LogP contribution in [0.3, 0.4) is 0 Å². The van der Waals surface area contributed by atoms with Gasteiger partial charge in [0, 0.05) is 25.0 Å². The number of nitrogens with zero attached hydrogens (tertiary/aromatic N) is 1. The van der Waals surface area contributed by atoms with Gasteiger partial charge in [-0.05, 0) is 38.8 Å². The number of nitrogens with one attached hydrogen (secondary N) is 1. The third-order valence-electron chi connectivity index (χ3n) is 3.76. The highest BCUT2D eigenvalue weighted by atomic mass is 15.2. The van der Waals surface area contributed by atoms with Crippen molar-refractivity contribution in [3.05, 3.63) is 0 Å². The molecular weight excluding hydrogens is 184 g/mol. The number of terminal acetylenes is 1. The molecule has 0 radical (unpaired) electrons. The quantitative estimate of drug-likeness (QED) is 0.555. The maximum Gasteiger partial charge on any atom is 0.0249 e. The highest BCUT2D eigenvalue weighted by Gasteiger charge is 2.34. The summed E-state index contributed by atoms with van der Waals surface area (Å²) in [6, 6.07) is 1.56. The molecule has 2 aliphatic heterocycles. The molecule has 0 aromatic carbocycles. The minimum Gasteiger partial charge on any atom is -0.312 e. The molecule has 2 heterocycles. The predicted molar refractivity (Wildman–Crippen MR) is 63.7 cm³/mol. The van der Waals surface area contributed by atoms with Crippen LogP contribution in [0.5, 0.6) is 0 Å². The molecule has 0 saturated carbocycles. The van der Waals surface area contributed by atoms with Crippen molar-refractivity contribution in [2.75, 3.05) is 19.6 Å². The summed E-state index contributed by atoms with van der Waals surface area (Å²) in [6.07, 6.45) is 12.8. The highest BCUT2D eigenvalue weighted by molar-refractivity contribution is 4.94. The van der Waals surface area contributed by atoms with Crippen molar-refractivity contribution < 1.29 is 0 Å². The lowest BCUT2D eigenvalue weighted by Crippen LogP contribution is -2.45. The standard InChI is InChI=1S/C13H22N2/c1-2-3-5-9-14-12-8-11-15-10-6-4-7-13(12)15/h1,12-14H,3-11H2. The Bertz CT molecular complexity index is 231. The van der Waals surface area contributed by atoms with Crippen LogP contribution in [-0.4, -0.2) is 36.6 Å². The van der Waals surface area contributed by atoms with E-state index in [1.807, 2.05) is 0 Å². The Kier molecular flexibility index (Phi) is 4.05. The van der Waals surface area contributed by atoms with Gasteiger partial charge in [-0.1, -0.05) is 6.42 Å². The van der Waals surface area contributed by atoms with Gasteiger partial charge in [-0.2, -0.15) is 0 Å². The molecule has 0 aromatic rings.